The van der Waals surface area contributed by atoms with Gasteiger partial charge in [0.25, 0.3) is 0 Å². The van der Waals surface area contributed by atoms with Gasteiger partial charge >= 0.3 is 5.97 Å². The fraction of sp³-hybridized carbons (Fsp3) is 0.462. The van der Waals surface area contributed by atoms with Crippen LogP contribution in [0.25, 0.3) is 0 Å². The van der Waals surface area contributed by atoms with Gasteiger partial charge in [-0.3, -0.25) is 4.79 Å². The Kier molecular flexibility index (Phi) is 2.95. The Morgan fingerprint density at radius 3 is 2.81 bits per heavy atom. The molecule has 16 heavy (non-hydrogen) atoms. The van der Waals surface area contributed by atoms with Crippen molar-refractivity contribution >= 4 is 5.97 Å². The molecule has 1 N–H and O–H groups in total. The summed E-state index contributed by atoms with van der Waals surface area (Å²) in [5.41, 5.74) is 1.85. The molecule has 1 aliphatic rings. The van der Waals surface area contributed by atoms with Crippen LogP contribution in [0, 0.1) is 18.7 Å². The van der Waals surface area contributed by atoms with Gasteiger partial charge in [0, 0.05) is 0 Å². The van der Waals surface area contributed by atoms with Crippen LogP contribution in [0.3, 0.4) is 0 Å². The van der Waals surface area contributed by atoms with E-state index in [1.165, 1.54) is 12.1 Å². The second kappa shape index (κ2) is 4.24. The largest absolute Gasteiger partial charge is 0.481 e. The van der Waals surface area contributed by atoms with Gasteiger partial charge in [-0.15, -0.1) is 0 Å². The number of aryl methyl sites for hydroxylation is 1. The molecular formula is C13H15FO2. The number of rotatable bonds is 2. The Bertz CT molecular complexity index is 414. The minimum absolute atomic E-state index is 0.0538. The van der Waals surface area contributed by atoms with Gasteiger partial charge in [-0.1, -0.05) is 12.5 Å². The Balaban J connectivity index is 2.32. The summed E-state index contributed by atoms with van der Waals surface area (Å²) < 4.78 is 13.0. The Morgan fingerprint density at radius 2 is 2.19 bits per heavy atom. The zero-order valence-corrected chi connectivity index (χ0v) is 9.24. The third kappa shape index (κ3) is 1.94. The van der Waals surface area contributed by atoms with Gasteiger partial charge in [-0.05, 0) is 48.9 Å². The number of aliphatic carboxylic acids is 1. The Labute approximate surface area is 94.1 Å². The molecule has 2 unspecified atom stereocenters. The van der Waals surface area contributed by atoms with Crippen molar-refractivity contribution in [2.75, 3.05) is 0 Å². The van der Waals surface area contributed by atoms with Crippen molar-refractivity contribution in [3.63, 3.8) is 0 Å². The van der Waals surface area contributed by atoms with E-state index in [4.69, 9.17) is 5.11 Å². The van der Waals surface area contributed by atoms with E-state index in [0.29, 0.717) is 0 Å². The highest BCUT2D eigenvalue weighted by atomic mass is 19.1. The minimum atomic E-state index is -0.730. The molecule has 0 aliphatic heterocycles. The molecule has 0 saturated heterocycles. The van der Waals surface area contributed by atoms with E-state index in [9.17, 15) is 9.18 Å². The lowest BCUT2D eigenvalue weighted by atomic mass is 9.86. The van der Waals surface area contributed by atoms with Crippen molar-refractivity contribution in [3.8, 4) is 0 Å². The van der Waals surface area contributed by atoms with Gasteiger partial charge in [0.05, 0.1) is 5.92 Å². The van der Waals surface area contributed by atoms with Crippen molar-refractivity contribution in [2.24, 2.45) is 5.92 Å². The summed E-state index contributed by atoms with van der Waals surface area (Å²) in [7, 11) is 0. The average molecular weight is 222 g/mol. The smallest absolute Gasteiger partial charge is 0.307 e. The Morgan fingerprint density at radius 1 is 1.44 bits per heavy atom. The highest BCUT2D eigenvalue weighted by molar-refractivity contribution is 5.72. The molecule has 0 radical (unpaired) electrons. The third-order valence-corrected chi connectivity index (χ3v) is 3.46. The number of carbonyl (C=O) groups is 1. The predicted molar refractivity (Wildman–Crippen MR) is 58.9 cm³/mol. The van der Waals surface area contributed by atoms with E-state index >= 15 is 0 Å². The van der Waals surface area contributed by atoms with E-state index in [1.807, 2.05) is 6.92 Å². The molecule has 0 bridgehead atoms. The molecule has 1 aromatic rings. The van der Waals surface area contributed by atoms with Gasteiger partial charge < -0.3 is 5.11 Å². The average Bonchev–Trinajstić information content (AvgIpc) is 2.66. The summed E-state index contributed by atoms with van der Waals surface area (Å²) in [5, 5.41) is 9.12. The maximum Gasteiger partial charge on any atom is 0.307 e. The van der Waals surface area contributed by atoms with Crippen LogP contribution in [0.15, 0.2) is 18.2 Å². The van der Waals surface area contributed by atoms with Gasteiger partial charge in [0.15, 0.2) is 0 Å². The van der Waals surface area contributed by atoms with Crippen molar-refractivity contribution in [2.45, 2.75) is 32.1 Å². The number of benzene rings is 1. The van der Waals surface area contributed by atoms with Gasteiger partial charge in [0.2, 0.25) is 0 Å². The molecule has 2 atom stereocenters. The highest BCUT2D eigenvalue weighted by Gasteiger charge is 2.34. The van der Waals surface area contributed by atoms with E-state index < -0.39 is 5.97 Å². The number of halogens is 1. The van der Waals surface area contributed by atoms with E-state index in [0.717, 1.165) is 30.4 Å². The maximum atomic E-state index is 13.0. The van der Waals surface area contributed by atoms with Crippen molar-refractivity contribution < 1.29 is 14.3 Å². The van der Waals surface area contributed by atoms with Crippen LogP contribution in [0.1, 0.15) is 36.3 Å². The molecule has 0 heterocycles. The summed E-state index contributed by atoms with van der Waals surface area (Å²) in [6, 6.07) is 4.63. The number of hydrogen-bond acceptors (Lipinski definition) is 1. The summed E-state index contributed by atoms with van der Waals surface area (Å²) in [6.07, 6.45) is 2.57. The summed E-state index contributed by atoms with van der Waals surface area (Å²) in [5.74, 6) is -1.24. The zero-order chi connectivity index (χ0) is 11.7. The molecule has 0 amide bonds. The molecule has 86 valence electrons. The van der Waals surface area contributed by atoms with Crippen LogP contribution in [0.2, 0.25) is 0 Å². The molecule has 1 aromatic carbocycles. The second-order valence-corrected chi connectivity index (χ2v) is 4.48. The van der Waals surface area contributed by atoms with E-state index in [2.05, 4.69) is 0 Å². The molecule has 0 spiro atoms. The SMILES string of the molecule is Cc1cc(F)ccc1C1CCCC1C(=O)O. The van der Waals surface area contributed by atoms with Crippen LogP contribution >= 0.6 is 0 Å². The van der Waals surface area contributed by atoms with Crippen LogP contribution in [-0.4, -0.2) is 11.1 Å². The summed E-state index contributed by atoms with van der Waals surface area (Å²) >= 11 is 0. The minimum Gasteiger partial charge on any atom is -0.481 e. The Hall–Kier alpha value is -1.38. The molecule has 0 aromatic heterocycles. The van der Waals surface area contributed by atoms with Crippen LogP contribution in [0.4, 0.5) is 4.39 Å². The number of carboxylic acid groups (broad SMARTS) is 1. The first kappa shape index (κ1) is 11.1. The predicted octanol–water partition coefficient (Wildman–Crippen LogP) is 3.10. The monoisotopic (exact) mass is 222 g/mol. The lowest BCUT2D eigenvalue weighted by Gasteiger charge is -2.18. The molecular weight excluding hydrogens is 207 g/mol. The lowest BCUT2D eigenvalue weighted by Crippen LogP contribution is -2.17. The van der Waals surface area contributed by atoms with Crippen molar-refractivity contribution in [1.82, 2.24) is 0 Å². The summed E-state index contributed by atoms with van der Waals surface area (Å²) in [4.78, 5) is 11.1. The molecule has 1 saturated carbocycles. The van der Waals surface area contributed by atoms with E-state index in [1.54, 1.807) is 6.07 Å². The van der Waals surface area contributed by atoms with Gasteiger partial charge in [0.1, 0.15) is 5.82 Å². The molecule has 2 rings (SSSR count). The third-order valence-electron chi connectivity index (χ3n) is 3.46. The molecule has 3 heteroatoms. The lowest BCUT2D eigenvalue weighted by molar-refractivity contribution is -0.142. The summed E-state index contributed by atoms with van der Waals surface area (Å²) in [6.45, 7) is 1.84. The van der Waals surface area contributed by atoms with Crippen LogP contribution in [-0.2, 0) is 4.79 Å². The standard InChI is InChI=1S/C13H15FO2/c1-8-7-9(14)5-6-10(8)11-3-2-4-12(11)13(15)16/h5-7,11-12H,2-4H2,1H3,(H,15,16). The molecule has 1 fully saturated rings. The van der Waals surface area contributed by atoms with Crippen molar-refractivity contribution in [3.05, 3.63) is 35.1 Å². The number of carboxylic acids is 1. The van der Waals surface area contributed by atoms with Crippen molar-refractivity contribution in [1.29, 1.82) is 0 Å². The van der Waals surface area contributed by atoms with Gasteiger partial charge in [-0.2, -0.15) is 0 Å². The topological polar surface area (TPSA) is 37.3 Å². The normalized spacial score (nSPS) is 24.6. The first-order valence-electron chi connectivity index (χ1n) is 5.58. The van der Waals surface area contributed by atoms with Crippen LogP contribution in [0.5, 0.6) is 0 Å². The number of hydrogen-bond donors (Lipinski definition) is 1. The van der Waals surface area contributed by atoms with Crippen LogP contribution < -0.4 is 0 Å². The molecule has 2 nitrogen and oxygen atoms in total. The van der Waals surface area contributed by atoms with Gasteiger partial charge in [-0.25, -0.2) is 4.39 Å². The fourth-order valence-electron chi connectivity index (χ4n) is 2.68. The first-order valence-corrected chi connectivity index (χ1v) is 5.58. The zero-order valence-electron chi connectivity index (χ0n) is 9.24. The fourth-order valence-corrected chi connectivity index (χ4v) is 2.68. The quantitative estimate of drug-likeness (QED) is 0.834. The second-order valence-electron chi connectivity index (χ2n) is 4.48. The highest BCUT2D eigenvalue weighted by Crippen LogP contribution is 2.40. The maximum absolute atomic E-state index is 13.0. The van der Waals surface area contributed by atoms with E-state index in [-0.39, 0.29) is 17.7 Å². The first-order chi connectivity index (χ1) is 7.59. The molecule has 1 aliphatic carbocycles.